The van der Waals surface area contributed by atoms with Gasteiger partial charge in [0, 0.05) is 17.7 Å². The third-order valence-corrected chi connectivity index (χ3v) is 2.61. The molecular formula is C11H9N3O. The van der Waals surface area contributed by atoms with E-state index in [0.717, 1.165) is 22.5 Å². The molecular weight excluding hydrogens is 190 g/mol. The number of hydrogen-bond acceptors (Lipinski definition) is 3. The van der Waals surface area contributed by atoms with E-state index in [9.17, 15) is 4.79 Å². The second kappa shape index (κ2) is 2.95. The lowest BCUT2D eigenvalue weighted by Crippen LogP contribution is -2.20. The second-order valence-corrected chi connectivity index (χ2v) is 3.55. The van der Waals surface area contributed by atoms with Crippen molar-refractivity contribution in [1.82, 2.24) is 10.2 Å². The van der Waals surface area contributed by atoms with Gasteiger partial charge in [-0.3, -0.25) is 4.79 Å². The molecule has 0 aliphatic carbocycles. The number of nitrogens with one attached hydrogen (secondary N) is 2. The Hall–Kier alpha value is -2.10. The predicted molar refractivity (Wildman–Crippen MR) is 57.4 cm³/mol. The first kappa shape index (κ1) is 8.23. The molecule has 15 heavy (non-hydrogen) atoms. The molecule has 4 heteroatoms. The van der Waals surface area contributed by atoms with Crippen molar-refractivity contribution in [2.75, 3.05) is 5.32 Å². The maximum absolute atomic E-state index is 11.5. The number of anilines is 2. The van der Waals surface area contributed by atoms with Crippen LogP contribution >= 0.6 is 0 Å². The highest BCUT2D eigenvalue weighted by atomic mass is 16.1. The summed E-state index contributed by atoms with van der Waals surface area (Å²) in [6.45, 7) is 0. The van der Waals surface area contributed by atoms with E-state index in [1.165, 1.54) is 0 Å². The highest BCUT2D eigenvalue weighted by Gasteiger charge is 2.16. The first-order valence-corrected chi connectivity index (χ1v) is 4.76. The topological polar surface area (TPSA) is 57.8 Å². The monoisotopic (exact) mass is 199 g/mol. The summed E-state index contributed by atoms with van der Waals surface area (Å²) in [5.41, 5.74) is 3.63. The first-order valence-electron chi connectivity index (χ1n) is 4.76. The third-order valence-electron chi connectivity index (χ3n) is 2.61. The van der Waals surface area contributed by atoms with E-state index in [1.54, 1.807) is 6.20 Å². The minimum atomic E-state index is -0.116. The van der Waals surface area contributed by atoms with Crippen LogP contribution in [0.3, 0.4) is 0 Å². The Morgan fingerprint density at radius 1 is 1.20 bits per heavy atom. The summed E-state index contributed by atoms with van der Waals surface area (Å²) in [5, 5.41) is 9.41. The molecule has 1 aliphatic rings. The summed E-state index contributed by atoms with van der Waals surface area (Å²) in [4.78, 5) is 11.5. The predicted octanol–water partition coefficient (Wildman–Crippen LogP) is 1.42. The number of para-hydroxylation sites is 1. The lowest BCUT2D eigenvalue weighted by Gasteiger charge is -2.19. The van der Waals surface area contributed by atoms with Crippen LogP contribution in [0.25, 0.3) is 0 Å². The SMILES string of the molecule is O=c1[nH]ncc2c1Cc1ccccc1N2. The van der Waals surface area contributed by atoms with Crippen molar-refractivity contribution in [3.05, 3.63) is 51.9 Å². The zero-order chi connectivity index (χ0) is 10.3. The van der Waals surface area contributed by atoms with Gasteiger partial charge in [0.15, 0.2) is 0 Å². The smallest absolute Gasteiger partial charge is 0.269 e. The van der Waals surface area contributed by atoms with Crippen molar-refractivity contribution >= 4 is 11.4 Å². The van der Waals surface area contributed by atoms with E-state index in [2.05, 4.69) is 15.5 Å². The molecule has 3 rings (SSSR count). The molecule has 0 saturated heterocycles. The Morgan fingerprint density at radius 2 is 2.07 bits per heavy atom. The Balaban J connectivity index is 2.19. The Kier molecular flexibility index (Phi) is 1.62. The molecule has 4 nitrogen and oxygen atoms in total. The van der Waals surface area contributed by atoms with Crippen LogP contribution in [0.15, 0.2) is 35.3 Å². The fourth-order valence-corrected chi connectivity index (χ4v) is 1.84. The van der Waals surface area contributed by atoms with Crippen LogP contribution in [0.1, 0.15) is 11.1 Å². The zero-order valence-electron chi connectivity index (χ0n) is 7.95. The summed E-state index contributed by atoms with van der Waals surface area (Å²) >= 11 is 0. The largest absolute Gasteiger partial charge is 0.354 e. The summed E-state index contributed by atoms with van der Waals surface area (Å²) in [6, 6.07) is 7.96. The molecule has 0 fully saturated rings. The molecule has 2 heterocycles. The van der Waals surface area contributed by atoms with Gasteiger partial charge >= 0.3 is 0 Å². The molecule has 1 aromatic heterocycles. The van der Waals surface area contributed by atoms with Gasteiger partial charge in [-0.05, 0) is 11.6 Å². The van der Waals surface area contributed by atoms with Crippen LogP contribution < -0.4 is 10.9 Å². The fourth-order valence-electron chi connectivity index (χ4n) is 1.84. The van der Waals surface area contributed by atoms with Gasteiger partial charge in [0.2, 0.25) is 0 Å². The van der Waals surface area contributed by atoms with Crippen LogP contribution in [0.2, 0.25) is 0 Å². The lowest BCUT2D eigenvalue weighted by molar-refractivity contribution is 0.944. The first-order chi connectivity index (χ1) is 7.34. The zero-order valence-corrected chi connectivity index (χ0v) is 7.95. The molecule has 0 spiro atoms. The average molecular weight is 199 g/mol. The van der Waals surface area contributed by atoms with Crippen molar-refractivity contribution in [2.24, 2.45) is 0 Å². The molecule has 74 valence electrons. The molecule has 0 saturated carbocycles. The Bertz CT molecular complexity index is 574. The lowest BCUT2D eigenvalue weighted by atomic mass is 10.00. The van der Waals surface area contributed by atoms with Crippen molar-refractivity contribution < 1.29 is 0 Å². The van der Waals surface area contributed by atoms with E-state index in [-0.39, 0.29) is 5.56 Å². The summed E-state index contributed by atoms with van der Waals surface area (Å²) in [6.07, 6.45) is 2.31. The molecule has 0 atom stereocenters. The number of benzene rings is 1. The van der Waals surface area contributed by atoms with Gasteiger partial charge in [0.1, 0.15) is 0 Å². The van der Waals surface area contributed by atoms with Gasteiger partial charge in [-0.25, -0.2) is 5.10 Å². The third kappa shape index (κ3) is 1.22. The van der Waals surface area contributed by atoms with Crippen LogP contribution in [0.4, 0.5) is 11.4 Å². The molecule has 0 bridgehead atoms. The van der Waals surface area contributed by atoms with Crippen molar-refractivity contribution in [3.8, 4) is 0 Å². The average Bonchev–Trinajstić information content (AvgIpc) is 2.27. The van der Waals surface area contributed by atoms with E-state index in [1.807, 2.05) is 24.3 Å². The number of fused-ring (bicyclic) bond motifs is 2. The standard InChI is InChI=1S/C11H9N3O/c15-11-8-5-7-3-1-2-4-9(7)13-10(8)6-12-14-11/h1-4,6,13H,5H2,(H,14,15). The molecule has 1 aromatic carbocycles. The molecule has 0 amide bonds. The van der Waals surface area contributed by atoms with Crippen molar-refractivity contribution in [1.29, 1.82) is 0 Å². The highest BCUT2D eigenvalue weighted by Crippen LogP contribution is 2.29. The number of H-pyrrole nitrogens is 1. The Morgan fingerprint density at radius 3 is 3.00 bits per heavy atom. The normalized spacial score (nSPS) is 12.5. The van der Waals surface area contributed by atoms with Gasteiger partial charge in [-0.15, -0.1) is 0 Å². The Labute approximate surface area is 86.0 Å². The van der Waals surface area contributed by atoms with Crippen LogP contribution in [0, 0.1) is 0 Å². The summed E-state index contributed by atoms with van der Waals surface area (Å²) in [5.74, 6) is 0. The van der Waals surface area contributed by atoms with Crippen LogP contribution in [0.5, 0.6) is 0 Å². The van der Waals surface area contributed by atoms with Gasteiger partial charge in [0.25, 0.3) is 5.56 Å². The van der Waals surface area contributed by atoms with Gasteiger partial charge < -0.3 is 5.32 Å². The minimum absolute atomic E-state index is 0.116. The quantitative estimate of drug-likeness (QED) is 0.575. The number of aromatic nitrogens is 2. The number of rotatable bonds is 0. The van der Waals surface area contributed by atoms with Crippen molar-refractivity contribution in [3.63, 3.8) is 0 Å². The fraction of sp³-hybridized carbons (Fsp3) is 0.0909. The van der Waals surface area contributed by atoms with Gasteiger partial charge in [-0.1, -0.05) is 18.2 Å². The molecule has 0 unspecified atom stereocenters. The van der Waals surface area contributed by atoms with E-state index in [4.69, 9.17) is 0 Å². The van der Waals surface area contributed by atoms with E-state index < -0.39 is 0 Å². The van der Waals surface area contributed by atoms with E-state index >= 15 is 0 Å². The van der Waals surface area contributed by atoms with Crippen LogP contribution in [-0.4, -0.2) is 10.2 Å². The molecule has 2 N–H and O–H groups in total. The molecule has 2 aromatic rings. The molecule has 1 aliphatic heterocycles. The van der Waals surface area contributed by atoms with E-state index in [0.29, 0.717) is 6.42 Å². The van der Waals surface area contributed by atoms with Gasteiger partial charge in [0.05, 0.1) is 11.9 Å². The maximum atomic E-state index is 11.5. The second-order valence-electron chi connectivity index (χ2n) is 3.55. The van der Waals surface area contributed by atoms with Crippen LogP contribution in [-0.2, 0) is 6.42 Å². The number of nitrogens with zero attached hydrogens (tertiary/aromatic N) is 1. The molecule has 0 radical (unpaired) electrons. The number of hydrogen-bond donors (Lipinski definition) is 2. The van der Waals surface area contributed by atoms with Gasteiger partial charge in [-0.2, -0.15) is 5.10 Å². The summed E-state index contributed by atoms with van der Waals surface area (Å²) < 4.78 is 0. The van der Waals surface area contributed by atoms with Crippen molar-refractivity contribution in [2.45, 2.75) is 6.42 Å². The maximum Gasteiger partial charge on any atom is 0.269 e. The minimum Gasteiger partial charge on any atom is -0.354 e. The number of aromatic amines is 1. The summed E-state index contributed by atoms with van der Waals surface area (Å²) in [7, 11) is 0. The highest BCUT2D eigenvalue weighted by molar-refractivity contribution is 5.70.